The normalized spacial score (nSPS) is 16.2. The van der Waals surface area contributed by atoms with Crippen LogP contribution in [0.3, 0.4) is 0 Å². The molecule has 8 heteroatoms. The van der Waals surface area contributed by atoms with Crippen molar-refractivity contribution in [1.29, 1.82) is 0 Å². The monoisotopic (exact) mass is 503 g/mol. The number of hydrogen-bond acceptors (Lipinski definition) is 8. The van der Waals surface area contributed by atoms with Gasteiger partial charge in [-0.25, -0.2) is 19.9 Å². The summed E-state index contributed by atoms with van der Waals surface area (Å²) in [5.74, 6) is 3.47. The molecule has 0 amide bonds. The number of fused-ring (bicyclic) bond motifs is 1. The molecule has 0 unspecified atom stereocenters. The number of hydrogen-bond donors (Lipinski definition) is 0. The fraction of sp³-hybridized carbons (Fsp3) is 0.517. The van der Waals surface area contributed by atoms with Gasteiger partial charge >= 0.3 is 0 Å². The zero-order chi connectivity index (χ0) is 26.2. The van der Waals surface area contributed by atoms with Crippen LogP contribution in [-0.4, -0.2) is 73.4 Å². The molecule has 4 heterocycles. The summed E-state index contributed by atoms with van der Waals surface area (Å²) in [4.78, 5) is 26.2. The molecule has 3 aromatic rings. The van der Waals surface area contributed by atoms with E-state index in [4.69, 9.17) is 24.7 Å². The van der Waals surface area contributed by atoms with Crippen LogP contribution >= 0.6 is 0 Å². The molecule has 0 saturated carbocycles. The van der Waals surface area contributed by atoms with E-state index in [1.807, 2.05) is 55.4 Å². The summed E-state index contributed by atoms with van der Waals surface area (Å²) in [7, 11) is 6.11. The largest absolute Gasteiger partial charge is 0.381 e. The van der Waals surface area contributed by atoms with Crippen LogP contribution in [0.15, 0.2) is 30.3 Å². The lowest BCUT2D eigenvalue weighted by molar-refractivity contribution is 0.0853. The van der Waals surface area contributed by atoms with Gasteiger partial charge < -0.3 is 19.4 Å². The smallest absolute Gasteiger partial charge is 0.156 e. The molecule has 0 aliphatic carbocycles. The van der Waals surface area contributed by atoms with Gasteiger partial charge in [-0.05, 0) is 50.0 Å². The molecule has 2 fully saturated rings. The highest BCUT2D eigenvalue weighted by molar-refractivity contribution is 5.81. The van der Waals surface area contributed by atoms with Crippen molar-refractivity contribution < 1.29 is 4.74 Å². The van der Waals surface area contributed by atoms with Crippen LogP contribution in [0.25, 0.3) is 23.2 Å². The van der Waals surface area contributed by atoms with Gasteiger partial charge in [0.15, 0.2) is 11.6 Å². The molecule has 37 heavy (non-hydrogen) atoms. The predicted molar refractivity (Wildman–Crippen MR) is 154 cm³/mol. The van der Waals surface area contributed by atoms with E-state index in [9.17, 15) is 0 Å². The third kappa shape index (κ3) is 6.74. The highest BCUT2D eigenvalue weighted by Gasteiger charge is 2.22. The Hall–Kier alpha value is -3.26. The van der Waals surface area contributed by atoms with Gasteiger partial charge in [0.25, 0.3) is 0 Å². The van der Waals surface area contributed by atoms with Gasteiger partial charge in [0.2, 0.25) is 0 Å². The lowest BCUT2D eigenvalue weighted by Crippen LogP contribution is -2.37. The van der Waals surface area contributed by atoms with Crippen molar-refractivity contribution in [2.24, 2.45) is 0 Å². The van der Waals surface area contributed by atoms with Crippen LogP contribution in [0.5, 0.6) is 0 Å². The first-order valence-corrected chi connectivity index (χ1v) is 13.6. The summed E-state index contributed by atoms with van der Waals surface area (Å²) in [5, 5.41) is 0. The maximum Gasteiger partial charge on any atom is 0.156 e. The lowest BCUT2D eigenvalue weighted by atomic mass is 10.1. The first kappa shape index (κ1) is 26.8. The molecule has 2 aliphatic heterocycles. The third-order valence-electron chi connectivity index (χ3n) is 6.64. The van der Waals surface area contributed by atoms with E-state index in [1.165, 1.54) is 19.3 Å². The molecule has 1 aromatic carbocycles. The van der Waals surface area contributed by atoms with E-state index >= 15 is 0 Å². The molecule has 0 N–H and O–H groups in total. The van der Waals surface area contributed by atoms with E-state index in [-0.39, 0.29) is 0 Å². The summed E-state index contributed by atoms with van der Waals surface area (Å²) < 4.78 is 5.57. The molecule has 0 spiro atoms. The number of anilines is 3. The van der Waals surface area contributed by atoms with Crippen LogP contribution < -0.4 is 14.7 Å². The van der Waals surface area contributed by atoms with Gasteiger partial charge in [-0.15, -0.1) is 0 Å². The Balaban J connectivity index is 0.00000102. The van der Waals surface area contributed by atoms with E-state index in [1.54, 1.807) is 0 Å². The topological polar surface area (TPSA) is 70.5 Å². The fourth-order valence-corrected chi connectivity index (χ4v) is 4.66. The number of para-hydroxylation sites is 2. The van der Waals surface area contributed by atoms with Gasteiger partial charge in [-0.3, -0.25) is 0 Å². The molecular formula is C29H41N7O. The summed E-state index contributed by atoms with van der Waals surface area (Å²) >= 11 is 0. The van der Waals surface area contributed by atoms with E-state index in [2.05, 4.69) is 36.8 Å². The second kappa shape index (κ2) is 12.8. The fourth-order valence-electron chi connectivity index (χ4n) is 4.66. The Morgan fingerprint density at radius 3 is 2.22 bits per heavy atom. The summed E-state index contributed by atoms with van der Waals surface area (Å²) in [5.41, 5.74) is 2.56. The highest BCUT2D eigenvalue weighted by Crippen LogP contribution is 2.27. The quantitative estimate of drug-likeness (QED) is 0.450. The molecule has 198 valence electrons. The van der Waals surface area contributed by atoms with Crippen LogP contribution in [-0.2, 0) is 4.74 Å². The predicted octanol–water partition coefficient (Wildman–Crippen LogP) is 5.29. The Morgan fingerprint density at radius 2 is 1.57 bits per heavy atom. The number of rotatable bonds is 6. The van der Waals surface area contributed by atoms with Crippen LogP contribution in [0.1, 0.15) is 57.5 Å². The van der Waals surface area contributed by atoms with E-state index in [0.29, 0.717) is 11.9 Å². The molecule has 0 bridgehead atoms. The first-order valence-electron chi connectivity index (χ1n) is 13.6. The van der Waals surface area contributed by atoms with Gasteiger partial charge in [0.05, 0.1) is 11.0 Å². The van der Waals surface area contributed by atoms with Crippen molar-refractivity contribution in [3.63, 3.8) is 0 Å². The van der Waals surface area contributed by atoms with Gasteiger partial charge in [-0.1, -0.05) is 32.4 Å². The molecule has 5 rings (SSSR count). The Morgan fingerprint density at radius 1 is 0.919 bits per heavy atom. The minimum absolute atomic E-state index is 0.429. The summed E-state index contributed by atoms with van der Waals surface area (Å²) in [6, 6.07) is 10.5. The molecule has 0 radical (unpaired) electrons. The van der Waals surface area contributed by atoms with Gasteiger partial charge in [0.1, 0.15) is 17.3 Å². The zero-order valence-corrected chi connectivity index (χ0v) is 23.0. The van der Waals surface area contributed by atoms with E-state index < -0.39 is 0 Å². The highest BCUT2D eigenvalue weighted by atomic mass is 16.5. The molecule has 8 nitrogen and oxygen atoms in total. The first-order chi connectivity index (χ1) is 18.0. The number of ether oxygens (including phenoxy) is 1. The molecule has 0 atom stereocenters. The van der Waals surface area contributed by atoms with Crippen LogP contribution in [0.4, 0.5) is 17.5 Å². The SMILES string of the molecule is CCC.CN(C)c1nc2ccccc2nc1/C=C/c1nc(N2CCCC2)cc(N(C)C2CCOCC2)n1. The van der Waals surface area contributed by atoms with Gasteiger partial charge in [-0.2, -0.15) is 0 Å². The maximum absolute atomic E-state index is 5.57. The third-order valence-corrected chi connectivity index (χ3v) is 6.64. The van der Waals surface area contributed by atoms with Gasteiger partial charge in [0, 0.05) is 59.6 Å². The van der Waals surface area contributed by atoms with Crippen molar-refractivity contribution in [3.05, 3.63) is 41.9 Å². The molecule has 2 aromatic heterocycles. The second-order valence-electron chi connectivity index (χ2n) is 9.95. The Labute approximate surface area is 221 Å². The Kier molecular flexibility index (Phi) is 9.28. The number of nitrogens with zero attached hydrogens (tertiary/aromatic N) is 7. The Bertz CT molecular complexity index is 1180. The van der Waals surface area contributed by atoms with Crippen molar-refractivity contribution in [3.8, 4) is 0 Å². The lowest BCUT2D eigenvalue weighted by Gasteiger charge is -2.32. The van der Waals surface area contributed by atoms with Crippen molar-refractivity contribution in [2.75, 3.05) is 62.1 Å². The molecule has 2 saturated heterocycles. The number of aromatic nitrogens is 4. The average molecular weight is 504 g/mol. The van der Waals surface area contributed by atoms with E-state index in [0.717, 1.165) is 73.3 Å². The molecular weight excluding hydrogens is 462 g/mol. The van der Waals surface area contributed by atoms with Crippen LogP contribution in [0, 0.1) is 0 Å². The maximum atomic E-state index is 5.57. The van der Waals surface area contributed by atoms with Crippen molar-refractivity contribution in [1.82, 2.24) is 19.9 Å². The average Bonchev–Trinajstić information content (AvgIpc) is 3.47. The number of benzene rings is 1. The summed E-state index contributed by atoms with van der Waals surface area (Å²) in [6.45, 7) is 7.95. The minimum atomic E-state index is 0.429. The standard InChI is InChI=1S/C26H33N7O.C3H8/c1-31(2)26-22(27-20-8-4-5-9-21(20)28-26)10-11-23-29-24(32(3)19-12-16-34-17-13-19)18-25(30-23)33-14-6-7-15-33;1-3-2/h4-5,8-11,18-19H,6-7,12-17H2,1-3H3;3H2,1-2H3/b11-10+;. The van der Waals surface area contributed by atoms with Crippen molar-refractivity contribution >= 4 is 40.6 Å². The minimum Gasteiger partial charge on any atom is -0.381 e. The summed E-state index contributed by atoms with van der Waals surface area (Å²) in [6.07, 6.45) is 9.65. The van der Waals surface area contributed by atoms with Crippen molar-refractivity contribution in [2.45, 2.75) is 52.0 Å². The molecule has 2 aliphatic rings. The second-order valence-corrected chi connectivity index (χ2v) is 9.95. The van der Waals surface area contributed by atoms with Crippen LogP contribution in [0.2, 0.25) is 0 Å². The zero-order valence-electron chi connectivity index (χ0n) is 23.0.